The lowest BCUT2D eigenvalue weighted by Crippen LogP contribution is -2.49. The van der Waals surface area contributed by atoms with Crippen molar-refractivity contribution >= 4 is 22.8 Å². The normalized spacial score (nSPS) is 17.3. The van der Waals surface area contributed by atoms with Crippen LogP contribution in [0.15, 0.2) is 78.0 Å². The standard InChI is InChI=1S/C35H46N6O5/c1-2-13-36-24-26(7-6-18-42)22-31(35(44)37-14-15-40-16-20-45-21-17-40)39-34(43)27-10-11-32-30(23-27)38-33(28-12-19-46-25-28)41(32)29-8-4-3-5-9-29/h2,6,10-12,18-19,23-25,29,31,36,42H,1,3-5,7-9,13-17,20-22H2,(H,37,44)(H,39,43)/b18-6+,26-24+/t31-/m0/s1. The highest BCUT2D eigenvalue weighted by Crippen LogP contribution is 2.36. The van der Waals surface area contributed by atoms with Crippen LogP contribution >= 0.6 is 0 Å². The Morgan fingerprint density at radius 1 is 1.15 bits per heavy atom. The monoisotopic (exact) mass is 630 g/mol. The number of nitrogens with zero attached hydrogens (tertiary/aromatic N) is 3. The molecular formula is C35H46N6O5. The summed E-state index contributed by atoms with van der Waals surface area (Å²) in [5.74, 6) is 0.210. The number of hydrogen-bond donors (Lipinski definition) is 4. The zero-order valence-corrected chi connectivity index (χ0v) is 26.5. The van der Waals surface area contributed by atoms with Crippen molar-refractivity contribution in [2.24, 2.45) is 0 Å². The van der Waals surface area contributed by atoms with Crippen LogP contribution in [-0.2, 0) is 9.53 Å². The number of hydrogen-bond acceptors (Lipinski definition) is 8. The first-order chi connectivity index (χ1) is 22.6. The highest BCUT2D eigenvalue weighted by Gasteiger charge is 2.26. The molecule has 0 radical (unpaired) electrons. The van der Waals surface area contributed by atoms with Gasteiger partial charge < -0.3 is 34.8 Å². The molecule has 1 saturated heterocycles. The molecule has 246 valence electrons. The second kappa shape index (κ2) is 16.8. The van der Waals surface area contributed by atoms with Crippen LogP contribution in [0.4, 0.5) is 0 Å². The molecule has 0 spiro atoms. The number of fused-ring (bicyclic) bond motifs is 1. The fourth-order valence-corrected chi connectivity index (χ4v) is 6.23. The topological polar surface area (TPSA) is 134 Å². The quantitative estimate of drug-likeness (QED) is 0.106. The molecule has 46 heavy (non-hydrogen) atoms. The van der Waals surface area contributed by atoms with Gasteiger partial charge in [-0.25, -0.2) is 4.98 Å². The van der Waals surface area contributed by atoms with E-state index >= 15 is 0 Å². The van der Waals surface area contributed by atoms with Crippen LogP contribution in [0.25, 0.3) is 22.4 Å². The molecule has 2 aromatic heterocycles. The number of amides is 2. The number of morpholine rings is 1. The summed E-state index contributed by atoms with van der Waals surface area (Å²) in [6, 6.07) is 6.99. The van der Waals surface area contributed by atoms with Crippen LogP contribution in [0.5, 0.6) is 0 Å². The molecule has 0 bridgehead atoms. The predicted molar refractivity (Wildman–Crippen MR) is 178 cm³/mol. The molecule has 2 amide bonds. The van der Waals surface area contributed by atoms with Crippen LogP contribution in [-0.4, -0.2) is 83.4 Å². The summed E-state index contributed by atoms with van der Waals surface area (Å²) < 4.78 is 13.1. The molecule has 11 nitrogen and oxygen atoms in total. The Hall–Kier alpha value is -4.35. The van der Waals surface area contributed by atoms with E-state index in [0.29, 0.717) is 50.9 Å². The third kappa shape index (κ3) is 8.67. The van der Waals surface area contributed by atoms with Crippen LogP contribution in [0.2, 0.25) is 0 Å². The second-order valence-corrected chi connectivity index (χ2v) is 11.9. The van der Waals surface area contributed by atoms with Crippen molar-refractivity contribution in [2.75, 3.05) is 45.9 Å². The molecule has 3 heterocycles. The van der Waals surface area contributed by atoms with Crippen LogP contribution in [0, 0.1) is 0 Å². The van der Waals surface area contributed by atoms with E-state index in [4.69, 9.17) is 14.1 Å². The Morgan fingerprint density at radius 2 is 1.98 bits per heavy atom. The molecule has 4 N–H and O–H groups in total. The number of benzene rings is 1. The number of aromatic nitrogens is 2. The van der Waals surface area contributed by atoms with E-state index in [1.54, 1.807) is 30.7 Å². The average Bonchev–Trinajstić information content (AvgIpc) is 3.76. The maximum atomic E-state index is 13.7. The molecule has 2 fully saturated rings. The molecule has 1 aromatic carbocycles. The van der Waals surface area contributed by atoms with Gasteiger partial charge in [-0.05, 0) is 67.8 Å². The van der Waals surface area contributed by atoms with Gasteiger partial charge in [0.2, 0.25) is 5.91 Å². The molecule has 5 rings (SSSR count). The van der Waals surface area contributed by atoms with E-state index < -0.39 is 6.04 Å². The largest absolute Gasteiger partial charge is 0.516 e. The lowest BCUT2D eigenvalue weighted by atomic mass is 9.95. The van der Waals surface area contributed by atoms with Gasteiger partial charge in [0.25, 0.3) is 5.91 Å². The summed E-state index contributed by atoms with van der Waals surface area (Å²) in [5, 5.41) is 18.4. The first kappa shape index (κ1) is 33.0. The van der Waals surface area contributed by atoms with Gasteiger partial charge in [0.1, 0.15) is 18.1 Å². The smallest absolute Gasteiger partial charge is 0.252 e. The molecule has 2 aliphatic rings. The van der Waals surface area contributed by atoms with Crippen LogP contribution < -0.4 is 16.0 Å². The van der Waals surface area contributed by atoms with Crippen molar-refractivity contribution in [3.63, 3.8) is 0 Å². The number of carbonyl (C=O) groups excluding carboxylic acids is 2. The predicted octanol–water partition coefficient (Wildman–Crippen LogP) is 4.86. The Bertz CT molecular complexity index is 1500. The van der Waals surface area contributed by atoms with Crippen LogP contribution in [0.3, 0.4) is 0 Å². The van der Waals surface area contributed by atoms with Crippen LogP contribution in [0.1, 0.15) is 61.3 Å². The molecule has 1 saturated carbocycles. The molecule has 1 atom stereocenters. The fourth-order valence-electron chi connectivity index (χ4n) is 6.23. The van der Waals surface area contributed by atoms with E-state index in [-0.39, 0.29) is 18.2 Å². The van der Waals surface area contributed by atoms with Gasteiger partial charge in [0.15, 0.2) is 0 Å². The SMILES string of the molecule is C=CCN/C=C(\C/C=C/O)C[C@H](NC(=O)c1ccc2c(c1)nc(-c1ccoc1)n2C1CCCCC1)C(=O)NCCN1CCOCC1. The van der Waals surface area contributed by atoms with Crippen molar-refractivity contribution in [1.29, 1.82) is 0 Å². The fraction of sp³-hybridized carbons (Fsp3) is 0.457. The Morgan fingerprint density at radius 3 is 2.72 bits per heavy atom. The second-order valence-electron chi connectivity index (χ2n) is 11.9. The van der Waals surface area contributed by atoms with E-state index in [1.165, 1.54) is 19.3 Å². The van der Waals surface area contributed by atoms with Gasteiger partial charge in [0, 0.05) is 44.3 Å². The Labute approximate surface area is 270 Å². The highest BCUT2D eigenvalue weighted by atomic mass is 16.5. The van der Waals surface area contributed by atoms with E-state index in [1.807, 2.05) is 24.4 Å². The van der Waals surface area contributed by atoms with Gasteiger partial charge in [-0.1, -0.05) is 25.3 Å². The number of ether oxygens (including phenoxy) is 1. The maximum Gasteiger partial charge on any atom is 0.252 e. The minimum absolute atomic E-state index is 0.257. The van der Waals surface area contributed by atoms with Crippen molar-refractivity contribution in [2.45, 2.75) is 57.0 Å². The number of allylic oxidation sites excluding steroid dienone is 1. The number of aliphatic hydroxyl groups is 1. The first-order valence-corrected chi connectivity index (χ1v) is 16.3. The maximum absolute atomic E-state index is 13.7. The molecule has 1 aliphatic carbocycles. The summed E-state index contributed by atoms with van der Waals surface area (Å²) in [4.78, 5) is 34.5. The summed E-state index contributed by atoms with van der Waals surface area (Å²) in [6.07, 6.45) is 15.9. The molecule has 3 aromatic rings. The molecular weight excluding hydrogens is 584 g/mol. The van der Waals surface area contributed by atoms with Crippen molar-refractivity contribution in [3.8, 4) is 11.4 Å². The Balaban J connectivity index is 1.37. The lowest BCUT2D eigenvalue weighted by molar-refractivity contribution is -0.123. The number of carbonyl (C=O) groups is 2. The third-order valence-corrected chi connectivity index (χ3v) is 8.64. The first-order valence-electron chi connectivity index (χ1n) is 16.3. The number of imidazole rings is 1. The molecule has 1 aliphatic heterocycles. The number of furan rings is 1. The summed E-state index contributed by atoms with van der Waals surface area (Å²) in [7, 11) is 0. The van der Waals surface area contributed by atoms with Gasteiger partial charge >= 0.3 is 0 Å². The van der Waals surface area contributed by atoms with Gasteiger partial charge in [0.05, 0.1) is 42.3 Å². The summed E-state index contributed by atoms with van der Waals surface area (Å²) in [5.41, 5.74) is 3.88. The highest BCUT2D eigenvalue weighted by molar-refractivity contribution is 6.00. The number of nitrogens with one attached hydrogen (secondary N) is 3. The minimum atomic E-state index is -0.835. The zero-order chi connectivity index (χ0) is 32.1. The lowest BCUT2D eigenvalue weighted by Gasteiger charge is -2.27. The summed E-state index contributed by atoms with van der Waals surface area (Å²) >= 11 is 0. The van der Waals surface area contributed by atoms with Gasteiger partial charge in [-0.15, -0.1) is 6.58 Å². The Kier molecular flexibility index (Phi) is 12.1. The third-order valence-electron chi connectivity index (χ3n) is 8.64. The molecule has 0 unspecified atom stereocenters. The van der Waals surface area contributed by atoms with E-state index in [9.17, 15) is 14.7 Å². The number of rotatable bonds is 15. The number of aliphatic hydroxyl groups excluding tert-OH is 1. The van der Waals surface area contributed by atoms with E-state index in [0.717, 1.165) is 60.2 Å². The average molecular weight is 631 g/mol. The van der Waals surface area contributed by atoms with Crippen molar-refractivity contribution in [1.82, 2.24) is 30.4 Å². The van der Waals surface area contributed by atoms with Gasteiger partial charge in [-0.3, -0.25) is 14.5 Å². The van der Waals surface area contributed by atoms with Crippen molar-refractivity contribution in [3.05, 3.63) is 79.1 Å². The summed E-state index contributed by atoms with van der Waals surface area (Å²) in [6.45, 7) is 8.45. The van der Waals surface area contributed by atoms with Crippen molar-refractivity contribution < 1.29 is 23.8 Å². The minimum Gasteiger partial charge on any atom is -0.516 e. The molecule has 11 heteroatoms. The van der Waals surface area contributed by atoms with E-state index in [2.05, 4.69) is 32.0 Å². The zero-order valence-electron chi connectivity index (χ0n) is 26.5. The van der Waals surface area contributed by atoms with Gasteiger partial charge in [-0.2, -0.15) is 0 Å².